The van der Waals surface area contributed by atoms with Gasteiger partial charge in [0.05, 0.1) is 31.7 Å². The lowest BCUT2D eigenvalue weighted by Crippen LogP contribution is -2.22. The molecule has 2 aliphatic rings. The second-order valence-electron chi connectivity index (χ2n) is 9.15. The molecule has 1 N–H and O–H groups in total. The maximum atomic E-state index is 13.6. The standard InChI is InChI=1S/C24H24O8S2/c25-22-18-11-14(24(26)27)9-10-20(18)32-23-19(22)12-17(33(28,29)15-5-1-2-6-15)13-21(23)34(30,31)16-7-3-4-8-16/h9-13,15-16H,1-8H2,(H,26,27). The summed E-state index contributed by atoms with van der Waals surface area (Å²) >= 11 is 0. The van der Waals surface area contributed by atoms with Crippen molar-refractivity contribution in [2.24, 2.45) is 0 Å². The van der Waals surface area contributed by atoms with Crippen LogP contribution in [-0.2, 0) is 19.7 Å². The molecule has 34 heavy (non-hydrogen) atoms. The van der Waals surface area contributed by atoms with Gasteiger partial charge in [-0.15, -0.1) is 0 Å². The number of carboxylic acid groups (broad SMARTS) is 1. The van der Waals surface area contributed by atoms with Gasteiger partial charge in [-0.2, -0.15) is 0 Å². The fourth-order valence-electron chi connectivity index (χ4n) is 5.18. The molecule has 0 saturated heterocycles. The van der Waals surface area contributed by atoms with E-state index in [1.165, 1.54) is 18.2 Å². The zero-order valence-corrected chi connectivity index (χ0v) is 20.0. The van der Waals surface area contributed by atoms with Gasteiger partial charge in [0.25, 0.3) is 0 Å². The van der Waals surface area contributed by atoms with E-state index in [0.29, 0.717) is 25.7 Å². The van der Waals surface area contributed by atoms with Crippen molar-refractivity contribution in [2.45, 2.75) is 71.7 Å². The van der Waals surface area contributed by atoms with Gasteiger partial charge in [0.1, 0.15) is 10.5 Å². The summed E-state index contributed by atoms with van der Waals surface area (Å²) in [6, 6.07) is 6.09. The van der Waals surface area contributed by atoms with Crippen LogP contribution in [-0.4, -0.2) is 38.4 Å². The lowest BCUT2D eigenvalue weighted by molar-refractivity contribution is 0.0697. The molecule has 0 bridgehead atoms. The van der Waals surface area contributed by atoms with Crippen molar-refractivity contribution >= 4 is 47.6 Å². The van der Waals surface area contributed by atoms with Crippen LogP contribution < -0.4 is 5.43 Å². The Labute approximate surface area is 196 Å². The lowest BCUT2D eigenvalue weighted by Gasteiger charge is -2.17. The Hall–Kier alpha value is -2.72. The van der Waals surface area contributed by atoms with E-state index in [1.54, 1.807) is 0 Å². The zero-order chi connectivity index (χ0) is 24.3. The molecule has 2 saturated carbocycles. The number of aromatic carboxylic acids is 1. The molecule has 1 aromatic heterocycles. The van der Waals surface area contributed by atoms with Crippen molar-refractivity contribution in [1.82, 2.24) is 0 Å². The van der Waals surface area contributed by atoms with Crippen LogP contribution in [0.3, 0.4) is 0 Å². The topological polar surface area (TPSA) is 136 Å². The Bertz CT molecular complexity index is 1590. The normalized spacial score (nSPS) is 18.2. The van der Waals surface area contributed by atoms with E-state index in [2.05, 4.69) is 0 Å². The van der Waals surface area contributed by atoms with Crippen LogP contribution in [0.2, 0.25) is 0 Å². The van der Waals surface area contributed by atoms with Crippen molar-refractivity contribution in [3.05, 3.63) is 46.1 Å². The molecule has 0 aliphatic heterocycles. The SMILES string of the molecule is O=C(O)c1ccc2oc3c(S(=O)(=O)C4CCCC4)cc(S(=O)(=O)C4CCCC4)cc3c(=O)c2c1. The van der Waals surface area contributed by atoms with Crippen LogP contribution in [0.1, 0.15) is 61.7 Å². The van der Waals surface area contributed by atoms with Gasteiger partial charge < -0.3 is 9.52 Å². The Morgan fingerprint density at radius 3 is 2.00 bits per heavy atom. The predicted octanol–water partition coefficient (Wildman–Crippen LogP) is 4.08. The highest BCUT2D eigenvalue weighted by molar-refractivity contribution is 7.93. The minimum Gasteiger partial charge on any atom is -0.478 e. The van der Waals surface area contributed by atoms with Crippen molar-refractivity contribution in [2.75, 3.05) is 0 Å². The maximum Gasteiger partial charge on any atom is 0.335 e. The van der Waals surface area contributed by atoms with E-state index >= 15 is 0 Å². The van der Waals surface area contributed by atoms with Crippen LogP contribution in [0.15, 0.2) is 49.3 Å². The van der Waals surface area contributed by atoms with E-state index in [-0.39, 0.29) is 37.3 Å². The number of benzene rings is 2. The summed E-state index contributed by atoms with van der Waals surface area (Å²) in [6.07, 6.45) is 4.95. The number of hydrogen-bond donors (Lipinski definition) is 1. The summed E-state index contributed by atoms with van der Waals surface area (Å²) in [6.45, 7) is 0. The molecule has 2 fully saturated rings. The molecular weight excluding hydrogens is 480 g/mol. The average Bonchev–Trinajstić information content (AvgIpc) is 3.53. The molecule has 10 heteroatoms. The second kappa shape index (κ2) is 8.20. The first-order chi connectivity index (χ1) is 16.1. The quantitative estimate of drug-likeness (QED) is 0.514. The minimum atomic E-state index is -3.97. The first kappa shape index (κ1) is 23.0. The summed E-state index contributed by atoms with van der Waals surface area (Å²) in [5, 5.41) is 7.78. The van der Waals surface area contributed by atoms with Crippen molar-refractivity contribution in [3.8, 4) is 0 Å². The maximum absolute atomic E-state index is 13.6. The van der Waals surface area contributed by atoms with E-state index < -0.39 is 41.6 Å². The molecule has 0 unspecified atom stereocenters. The van der Waals surface area contributed by atoms with Gasteiger partial charge in [0.2, 0.25) is 5.43 Å². The molecule has 2 aromatic carbocycles. The summed E-state index contributed by atoms with van der Waals surface area (Å²) in [7, 11) is -7.84. The van der Waals surface area contributed by atoms with E-state index in [0.717, 1.165) is 37.8 Å². The van der Waals surface area contributed by atoms with Crippen molar-refractivity contribution in [1.29, 1.82) is 0 Å². The monoisotopic (exact) mass is 504 g/mol. The largest absolute Gasteiger partial charge is 0.478 e. The van der Waals surface area contributed by atoms with Gasteiger partial charge in [-0.3, -0.25) is 4.79 Å². The molecule has 0 radical (unpaired) electrons. The van der Waals surface area contributed by atoms with Gasteiger partial charge in [-0.05, 0) is 56.0 Å². The third-order valence-electron chi connectivity index (χ3n) is 7.07. The van der Waals surface area contributed by atoms with Crippen LogP contribution in [0, 0.1) is 0 Å². The number of carboxylic acids is 1. The Balaban J connectivity index is 1.85. The predicted molar refractivity (Wildman–Crippen MR) is 126 cm³/mol. The third kappa shape index (κ3) is 3.63. The molecule has 180 valence electrons. The van der Waals surface area contributed by atoms with Gasteiger partial charge in [0.15, 0.2) is 25.3 Å². The highest BCUT2D eigenvalue weighted by Crippen LogP contribution is 2.37. The molecule has 8 nitrogen and oxygen atoms in total. The first-order valence-corrected chi connectivity index (χ1v) is 14.5. The molecule has 1 heterocycles. The smallest absolute Gasteiger partial charge is 0.335 e. The van der Waals surface area contributed by atoms with Crippen LogP contribution in [0.4, 0.5) is 0 Å². The molecule has 5 rings (SSSR count). The molecule has 0 spiro atoms. The van der Waals surface area contributed by atoms with Gasteiger partial charge in [0, 0.05) is 0 Å². The number of hydrogen-bond acceptors (Lipinski definition) is 7. The van der Waals surface area contributed by atoms with Crippen LogP contribution >= 0.6 is 0 Å². The highest BCUT2D eigenvalue weighted by atomic mass is 32.2. The number of carbonyl (C=O) groups is 1. The molecule has 2 aliphatic carbocycles. The first-order valence-electron chi connectivity index (χ1n) is 11.4. The fraction of sp³-hybridized carbons (Fsp3) is 0.417. The second-order valence-corrected chi connectivity index (χ2v) is 13.6. The Morgan fingerprint density at radius 2 is 1.41 bits per heavy atom. The van der Waals surface area contributed by atoms with E-state index in [4.69, 9.17) is 4.42 Å². The van der Waals surface area contributed by atoms with E-state index in [9.17, 15) is 31.5 Å². The van der Waals surface area contributed by atoms with Crippen LogP contribution in [0.5, 0.6) is 0 Å². The zero-order valence-electron chi connectivity index (χ0n) is 18.3. The fourth-order valence-corrected chi connectivity index (χ4v) is 9.17. The average molecular weight is 505 g/mol. The van der Waals surface area contributed by atoms with Gasteiger partial charge >= 0.3 is 5.97 Å². The summed E-state index contributed by atoms with van der Waals surface area (Å²) < 4.78 is 59.9. The molecule has 0 atom stereocenters. The highest BCUT2D eigenvalue weighted by Gasteiger charge is 2.36. The molecule has 0 amide bonds. The molecule has 3 aromatic rings. The van der Waals surface area contributed by atoms with E-state index in [1.807, 2.05) is 0 Å². The van der Waals surface area contributed by atoms with Crippen molar-refractivity contribution in [3.63, 3.8) is 0 Å². The lowest BCUT2D eigenvalue weighted by atomic mass is 10.1. The Morgan fingerprint density at radius 1 is 0.824 bits per heavy atom. The van der Waals surface area contributed by atoms with Crippen molar-refractivity contribution < 1.29 is 31.2 Å². The number of rotatable bonds is 5. The third-order valence-corrected chi connectivity index (χ3v) is 11.6. The van der Waals surface area contributed by atoms with Gasteiger partial charge in [-0.1, -0.05) is 25.7 Å². The Kier molecular flexibility index (Phi) is 5.55. The molecular formula is C24H24O8S2. The minimum absolute atomic E-state index is 0.0387. The number of sulfone groups is 2. The summed E-state index contributed by atoms with van der Waals surface area (Å²) in [4.78, 5) is 24.3. The van der Waals surface area contributed by atoms with Gasteiger partial charge in [-0.25, -0.2) is 21.6 Å². The summed E-state index contributed by atoms with van der Waals surface area (Å²) in [5.74, 6) is -1.23. The summed E-state index contributed by atoms with van der Waals surface area (Å²) in [5.41, 5.74) is -0.937. The van der Waals surface area contributed by atoms with Crippen LogP contribution in [0.25, 0.3) is 21.9 Å². The number of fused-ring (bicyclic) bond motifs is 2.